The van der Waals surface area contributed by atoms with E-state index >= 15 is 0 Å². The van der Waals surface area contributed by atoms with Crippen molar-refractivity contribution in [2.45, 2.75) is 17.5 Å². The van der Waals surface area contributed by atoms with Crippen LogP contribution in [0, 0.1) is 0 Å². The molecule has 2 amide bonds. The topological polar surface area (TPSA) is 174 Å². The molecule has 0 bridgehead atoms. The Morgan fingerprint density at radius 1 is 0.837 bits per heavy atom. The van der Waals surface area contributed by atoms with E-state index in [2.05, 4.69) is 5.32 Å². The Hall–Kier alpha value is -5.07. The van der Waals surface area contributed by atoms with Gasteiger partial charge in [0.05, 0.1) is 4.90 Å². The van der Waals surface area contributed by atoms with E-state index in [1.54, 1.807) is 0 Å². The van der Waals surface area contributed by atoms with Gasteiger partial charge in [-0.2, -0.15) is 4.31 Å². The molecule has 0 radical (unpaired) electrons. The fourth-order valence-electron chi connectivity index (χ4n) is 4.89. The maximum Gasteiger partial charge on any atom is 0.254 e. The first-order valence-electron chi connectivity index (χ1n) is 13.4. The summed E-state index contributed by atoms with van der Waals surface area (Å²) in [6.45, 7) is -0.444. The van der Waals surface area contributed by atoms with Gasteiger partial charge >= 0.3 is 0 Å². The van der Waals surface area contributed by atoms with Gasteiger partial charge in [-0.25, -0.2) is 8.42 Å². The van der Waals surface area contributed by atoms with Crippen LogP contribution in [-0.2, 0) is 21.4 Å². The van der Waals surface area contributed by atoms with Crippen molar-refractivity contribution >= 4 is 27.5 Å². The van der Waals surface area contributed by atoms with Crippen molar-refractivity contribution in [2.75, 3.05) is 25.4 Å². The van der Waals surface area contributed by atoms with Gasteiger partial charge in [0.15, 0.2) is 17.2 Å². The third kappa shape index (κ3) is 6.25. The van der Waals surface area contributed by atoms with Crippen molar-refractivity contribution in [1.29, 1.82) is 0 Å². The molecule has 11 nitrogen and oxygen atoms in total. The molecule has 4 aromatic rings. The lowest BCUT2D eigenvalue weighted by Crippen LogP contribution is -2.61. The van der Waals surface area contributed by atoms with Crippen LogP contribution >= 0.6 is 0 Å². The van der Waals surface area contributed by atoms with Gasteiger partial charge in [-0.15, -0.1) is 0 Å². The summed E-state index contributed by atoms with van der Waals surface area (Å²) in [7, 11) is -4.16. The number of piperazine rings is 1. The average Bonchev–Trinajstić information content (AvgIpc) is 3.02. The van der Waals surface area contributed by atoms with Gasteiger partial charge in [0, 0.05) is 37.4 Å². The molecular formula is C31H30N4O7S. The van der Waals surface area contributed by atoms with Crippen LogP contribution in [0.2, 0.25) is 0 Å². The second-order valence-electron chi connectivity index (χ2n) is 10.1. The fourth-order valence-corrected chi connectivity index (χ4v) is 6.46. The zero-order valence-electron chi connectivity index (χ0n) is 22.9. The maximum atomic E-state index is 13.6. The number of anilines is 1. The lowest BCUT2D eigenvalue weighted by molar-refractivity contribution is -0.126. The van der Waals surface area contributed by atoms with E-state index < -0.39 is 45.1 Å². The van der Waals surface area contributed by atoms with Crippen LogP contribution in [0.25, 0.3) is 11.1 Å². The molecule has 1 heterocycles. The summed E-state index contributed by atoms with van der Waals surface area (Å²) in [6.07, 6.45) is 0. The van der Waals surface area contributed by atoms with Crippen molar-refractivity contribution in [3.05, 3.63) is 102 Å². The van der Waals surface area contributed by atoms with Gasteiger partial charge in [0.25, 0.3) is 5.91 Å². The first-order valence-corrected chi connectivity index (χ1v) is 14.8. The quantitative estimate of drug-likeness (QED) is 0.159. The lowest BCUT2D eigenvalue weighted by atomic mass is 10.0. The van der Waals surface area contributed by atoms with Gasteiger partial charge in [-0.1, -0.05) is 54.6 Å². The van der Waals surface area contributed by atoms with Crippen LogP contribution < -0.4 is 11.1 Å². The highest BCUT2D eigenvalue weighted by Crippen LogP contribution is 2.36. The summed E-state index contributed by atoms with van der Waals surface area (Å²) in [6, 6.07) is 23.7. The van der Waals surface area contributed by atoms with E-state index in [4.69, 9.17) is 5.73 Å². The van der Waals surface area contributed by atoms with Crippen LogP contribution in [-0.4, -0.2) is 70.4 Å². The van der Waals surface area contributed by atoms with Crippen molar-refractivity contribution in [3.8, 4) is 28.4 Å². The number of aromatic hydroxyl groups is 3. The third-order valence-corrected chi connectivity index (χ3v) is 9.17. The van der Waals surface area contributed by atoms with Gasteiger partial charge in [0.2, 0.25) is 15.9 Å². The summed E-state index contributed by atoms with van der Waals surface area (Å²) < 4.78 is 28.3. The standard InChI is InChI=1S/C31H30N4O7S/c32-24-10-12-25(13-11-24)43(41,42)35-15-14-34(31(40)23-16-27(36)29(38)28(37)17-23)19-26(35)30(39)33-18-20-6-8-22(9-7-20)21-4-2-1-3-5-21/h1-13,16-17,26,36-38H,14-15,18-19,32H2,(H,33,39). The molecule has 1 aliphatic rings. The molecule has 5 rings (SSSR count). The molecule has 1 atom stereocenters. The molecule has 1 aliphatic heterocycles. The zero-order chi connectivity index (χ0) is 30.7. The molecule has 4 aromatic carbocycles. The first-order chi connectivity index (χ1) is 20.5. The Morgan fingerprint density at radius 2 is 1.44 bits per heavy atom. The predicted octanol–water partition coefficient (Wildman–Crippen LogP) is 2.88. The number of rotatable bonds is 7. The number of nitrogen functional groups attached to an aromatic ring is 1. The van der Waals surface area contributed by atoms with Crippen molar-refractivity contribution < 1.29 is 33.3 Å². The number of amides is 2. The highest BCUT2D eigenvalue weighted by molar-refractivity contribution is 7.89. The van der Waals surface area contributed by atoms with Gasteiger partial charge in [-0.05, 0) is 53.1 Å². The van der Waals surface area contributed by atoms with Crippen LogP contribution in [0.5, 0.6) is 17.2 Å². The number of nitrogens with one attached hydrogen (secondary N) is 1. The largest absolute Gasteiger partial charge is 0.504 e. The monoisotopic (exact) mass is 602 g/mol. The molecular weight excluding hydrogens is 572 g/mol. The van der Waals surface area contributed by atoms with E-state index in [1.165, 1.54) is 29.2 Å². The number of nitrogens with zero attached hydrogens (tertiary/aromatic N) is 2. The Bertz CT molecular complexity index is 1720. The number of benzene rings is 4. The number of hydrogen-bond acceptors (Lipinski definition) is 8. The minimum absolute atomic E-state index is 0.0517. The fraction of sp³-hybridized carbons (Fsp3) is 0.161. The second kappa shape index (κ2) is 12.0. The number of phenols is 3. The lowest BCUT2D eigenvalue weighted by Gasteiger charge is -2.39. The van der Waals surface area contributed by atoms with Crippen molar-refractivity contribution in [1.82, 2.24) is 14.5 Å². The summed E-state index contributed by atoms with van der Waals surface area (Å²) in [5.41, 5.74) is 8.81. The van der Waals surface area contributed by atoms with E-state index in [1.807, 2.05) is 54.6 Å². The maximum absolute atomic E-state index is 13.6. The Labute approximate surface area is 248 Å². The Morgan fingerprint density at radius 3 is 2.07 bits per heavy atom. The number of sulfonamides is 1. The molecule has 12 heteroatoms. The van der Waals surface area contributed by atoms with E-state index in [0.29, 0.717) is 5.69 Å². The molecule has 43 heavy (non-hydrogen) atoms. The zero-order valence-corrected chi connectivity index (χ0v) is 23.7. The normalized spacial score (nSPS) is 15.6. The summed E-state index contributed by atoms with van der Waals surface area (Å²) in [5, 5.41) is 32.2. The number of carbonyl (C=O) groups is 2. The molecule has 6 N–H and O–H groups in total. The molecule has 0 aromatic heterocycles. The van der Waals surface area contributed by atoms with E-state index in [-0.39, 0.29) is 36.6 Å². The first kappa shape index (κ1) is 29.4. The number of carbonyl (C=O) groups excluding carboxylic acids is 2. The van der Waals surface area contributed by atoms with Crippen molar-refractivity contribution in [2.24, 2.45) is 0 Å². The summed E-state index contributed by atoms with van der Waals surface area (Å²) in [5.74, 6) is -3.43. The third-order valence-electron chi connectivity index (χ3n) is 7.25. The van der Waals surface area contributed by atoms with Crippen LogP contribution in [0.1, 0.15) is 15.9 Å². The van der Waals surface area contributed by atoms with Crippen molar-refractivity contribution in [3.63, 3.8) is 0 Å². The Kier molecular flexibility index (Phi) is 8.24. The molecule has 0 spiro atoms. The molecule has 1 unspecified atom stereocenters. The van der Waals surface area contributed by atoms with Crippen LogP contribution in [0.15, 0.2) is 95.9 Å². The molecule has 0 saturated carbocycles. The minimum atomic E-state index is -4.16. The highest BCUT2D eigenvalue weighted by Gasteiger charge is 2.41. The summed E-state index contributed by atoms with van der Waals surface area (Å²) >= 11 is 0. The van der Waals surface area contributed by atoms with Gasteiger partial charge in [0.1, 0.15) is 6.04 Å². The SMILES string of the molecule is Nc1ccc(S(=O)(=O)N2CCN(C(=O)c3cc(O)c(O)c(O)c3)CC2C(=O)NCc2ccc(-c3ccccc3)cc2)cc1. The number of phenolic OH excluding ortho intramolecular Hbond substituents is 3. The minimum Gasteiger partial charge on any atom is -0.504 e. The second-order valence-corrected chi connectivity index (χ2v) is 12.0. The van der Waals surface area contributed by atoms with E-state index in [9.17, 15) is 33.3 Å². The Balaban J connectivity index is 1.38. The highest BCUT2D eigenvalue weighted by atomic mass is 32.2. The van der Waals surface area contributed by atoms with Gasteiger partial charge in [-0.3, -0.25) is 9.59 Å². The number of nitrogens with two attached hydrogens (primary N) is 1. The molecule has 222 valence electrons. The summed E-state index contributed by atoms with van der Waals surface area (Å²) in [4.78, 5) is 28.1. The average molecular weight is 603 g/mol. The molecule has 0 aliphatic carbocycles. The smallest absolute Gasteiger partial charge is 0.254 e. The predicted molar refractivity (Wildman–Crippen MR) is 160 cm³/mol. The van der Waals surface area contributed by atoms with Crippen LogP contribution in [0.4, 0.5) is 5.69 Å². The van der Waals surface area contributed by atoms with E-state index in [0.717, 1.165) is 33.1 Å². The molecule has 1 fully saturated rings. The van der Waals surface area contributed by atoms with Gasteiger partial charge < -0.3 is 31.3 Å². The number of hydrogen-bond donors (Lipinski definition) is 5. The molecule has 1 saturated heterocycles. The van der Waals surface area contributed by atoms with Crippen LogP contribution in [0.3, 0.4) is 0 Å².